The molecule has 0 spiro atoms. The van der Waals surface area contributed by atoms with Crippen LogP contribution in [0.4, 0.5) is 4.39 Å². The fraction of sp³-hybridized carbons (Fsp3) is 0.353. The molecule has 0 aromatic carbocycles. The summed E-state index contributed by atoms with van der Waals surface area (Å²) in [6.45, 7) is 4.36. The van der Waals surface area contributed by atoms with Gasteiger partial charge in [0.1, 0.15) is 11.7 Å². The van der Waals surface area contributed by atoms with Crippen LogP contribution < -0.4 is 5.73 Å². The van der Waals surface area contributed by atoms with Gasteiger partial charge < -0.3 is 10.5 Å². The van der Waals surface area contributed by atoms with Crippen LogP contribution in [0, 0.1) is 0 Å². The summed E-state index contributed by atoms with van der Waals surface area (Å²) < 4.78 is 80.6. The predicted molar refractivity (Wildman–Crippen MR) is 117 cm³/mol. The van der Waals surface area contributed by atoms with Crippen LogP contribution in [0.1, 0.15) is 20.8 Å². The second-order valence-electron chi connectivity index (χ2n) is 5.74. The third kappa shape index (κ3) is 44.0. The maximum atomic E-state index is 12.9. The minimum absolute atomic E-state index is 0.225. The van der Waals surface area contributed by atoms with Gasteiger partial charge in [-0.25, -0.2) is 4.39 Å². The van der Waals surface area contributed by atoms with E-state index < -0.39 is 38.5 Å². The molecule has 0 amide bonds. The van der Waals surface area contributed by atoms with Crippen molar-refractivity contribution in [2.24, 2.45) is 5.73 Å². The highest BCUT2D eigenvalue weighted by molar-refractivity contribution is 7.80. The van der Waals surface area contributed by atoms with Crippen molar-refractivity contribution in [1.29, 1.82) is 0 Å². The number of halogens is 1. The molecule has 0 saturated carbocycles. The Bertz CT molecular complexity index is 796. The van der Waals surface area contributed by atoms with E-state index >= 15 is 0 Å². The maximum absolute atomic E-state index is 12.9. The molecular formula is C17H28FN3O10S2. The topological polar surface area (TPSA) is 227 Å². The lowest BCUT2D eigenvalue weighted by Crippen LogP contribution is -2.46. The Kier molecular flexibility index (Phi) is 20.1. The van der Waals surface area contributed by atoms with E-state index in [1.165, 1.54) is 13.8 Å². The molecule has 1 atom stereocenters. The van der Waals surface area contributed by atoms with Gasteiger partial charge in [-0.15, -0.1) is 0 Å². The van der Waals surface area contributed by atoms with Crippen molar-refractivity contribution in [3.63, 3.8) is 0 Å². The van der Waals surface area contributed by atoms with Crippen molar-refractivity contribution < 1.29 is 49.0 Å². The highest BCUT2D eigenvalue weighted by atomic mass is 32.3. The van der Waals surface area contributed by atoms with Crippen molar-refractivity contribution in [2.75, 3.05) is 6.61 Å². The first-order chi connectivity index (χ1) is 14.9. The average Bonchev–Trinajstić information content (AvgIpc) is 2.68. The van der Waals surface area contributed by atoms with E-state index in [1.807, 2.05) is 36.4 Å². The zero-order chi connectivity index (χ0) is 26.6. The molecule has 1 unspecified atom stereocenters. The number of pyridine rings is 2. The number of nitrogens with two attached hydrogens (primary N) is 1. The molecule has 190 valence electrons. The predicted octanol–water partition coefficient (Wildman–Crippen LogP) is 1.48. The molecule has 0 radical (unpaired) electrons. The van der Waals surface area contributed by atoms with Crippen LogP contribution in [0.25, 0.3) is 0 Å². The number of hydrogen-bond acceptors (Lipinski definition) is 9. The summed E-state index contributed by atoms with van der Waals surface area (Å²) >= 11 is 0. The largest absolute Gasteiger partial charge is 0.465 e. The molecule has 2 aromatic heterocycles. The van der Waals surface area contributed by atoms with E-state index in [-0.39, 0.29) is 6.61 Å². The average molecular weight is 518 g/mol. The lowest BCUT2D eigenvalue weighted by atomic mass is 10.0. The van der Waals surface area contributed by atoms with Crippen LogP contribution >= 0.6 is 0 Å². The fourth-order valence-corrected chi connectivity index (χ4v) is 1.14. The first-order valence-corrected chi connectivity index (χ1v) is 11.4. The van der Waals surface area contributed by atoms with E-state index in [0.717, 1.165) is 0 Å². The Hall–Kier alpha value is -2.60. The zero-order valence-corrected chi connectivity index (χ0v) is 19.6. The number of hydrogen-bond donors (Lipinski definition) is 5. The summed E-state index contributed by atoms with van der Waals surface area (Å²) in [5.41, 5.74) is 3.51. The maximum Gasteiger partial charge on any atom is 0.394 e. The Morgan fingerprint density at radius 2 is 1.15 bits per heavy atom. The van der Waals surface area contributed by atoms with Crippen LogP contribution in [0.3, 0.4) is 0 Å². The molecule has 16 heteroatoms. The van der Waals surface area contributed by atoms with Gasteiger partial charge >= 0.3 is 26.8 Å². The molecule has 2 aromatic rings. The van der Waals surface area contributed by atoms with E-state index in [0.29, 0.717) is 0 Å². The Balaban J connectivity index is -0.000000355. The van der Waals surface area contributed by atoms with Gasteiger partial charge in [0.15, 0.2) is 0 Å². The van der Waals surface area contributed by atoms with E-state index in [1.54, 1.807) is 31.7 Å². The zero-order valence-electron chi connectivity index (χ0n) is 18.0. The molecule has 0 saturated heterocycles. The second-order valence-corrected chi connectivity index (χ2v) is 7.53. The van der Waals surface area contributed by atoms with Gasteiger partial charge in [-0.3, -0.25) is 33.0 Å². The number of carbonyl (C=O) groups is 1. The summed E-state index contributed by atoms with van der Waals surface area (Å²) in [6, 6.07) is 10.2. The Morgan fingerprint density at radius 3 is 1.27 bits per heavy atom. The number of carbonyl (C=O) groups excluding carboxylic acids is 1. The molecule has 0 aliphatic carbocycles. The van der Waals surface area contributed by atoms with Crippen LogP contribution in [-0.2, 0) is 30.3 Å². The number of nitrogens with zero attached hydrogens (tertiary/aromatic N) is 2. The quantitative estimate of drug-likeness (QED) is 0.287. The highest BCUT2D eigenvalue weighted by Gasteiger charge is 2.32. The summed E-state index contributed by atoms with van der Waals surface area (Å²) in [5.74, 6) is -0.694. The number of alkyl halides is 1. The summed E-state index contributed by atoms with van der Waals surface area (Å²) in [4.78, 5) is 18.4. The van der Waals surface area contributed by atoms with Crippen molar-refractivity contribution in [1.82, 2.24) is 9.97 Å². The first kappa shape index (κ1) is 35.0. The molecule has 0 fully saturated rings. The first-order valence-electron chi connectivity index (χ1n) is 8.60. The van der Waals surface area contributed by atoms with E-state index in [4.69, 9.17) is 40.8 Å². The van der Waals surface area contributed by atoms with Crippen LogP contribution in [0.2, 0.25) is 0 Å². The normalized spacial score (nSPS) is 11.2. The molecule has 13 nitrogen and oxygen atoms in total. The molecule has 2 heterocycles. The third-order valence-corrected chi connectivity index (χ3v) is 2.41. The lowest BCUT2D eigenvalue weighted by Gasteiger charge is -2.20. The highest BCUT2D eigenvalue weighted by Crippen LogP contribution is 2.13. The molecule has 0 aliphatic heterocycles. The molecule has 33 heavy (non-hydrogen) atoms. The minimum atomic E-state index is -4.67. The summed E-state index contributed by atoms with van der Waals surface area (Å²) in [6.07, 6.45) is 7.00. The van der Waals surface area contributed by atoms with Crippen molar-refractivity contribution in [3.8, 4) is 0 Å². The van der Waals surface area contributed by atoms with E-state index in [9.17, 15) is 9.18 Å². The van der Waals surface area contributed by atoms with Crippen LogP contribution in [0.15, 0.2) is 61.2 Å². The van der Waals surface area contributed by atoms with Crippen molar-refractivity contribution in [3.05, 3.63) is 61.2 Å². The molecule has 0 bridgehead atoms. The molecule has 6 N–H and O–H groups in total. The minimum Gasteiger partial charge on any atom is -0.465 e. The molecule has 0 aliphatic rings. The van der Waals surface area contributed by atoms with Gasteiger partial charge in [-0.05, 0) is 45.0 Å². The van der Waals surface area contributed by atoms with Gasteiger partial charge in [-0.2, -0.15) is 16.8 Å². The number of rotatable bonds is 3. The molecular weight excluding hydrogens is 489 g/mol. The van der Waals surface area contributed by atoms with Gasteiger partial charge in [0.25, 0.3) is 0 Å². The summed E-state index contributed by atoms with van der Waals surface area (Å²) in [5, 5.41) is 0. The van der Waals surface area contributed by atoms with Crippen LogP contribution in [-0.4, -0.2) is 69.3 Å². The molecule has 2 rings (SSSR count). The Morgan fingerprint density at radius 1 is 0.879 bits per heavy atom. The smallest absolute Gasteiger partial charge is 0.394 e. The number of ether oxygens (including phenoxy) is 1. The van der Waals surface area contributed by atoms with Gasteiger partial charge in [-0.1, -0.05) is 12.1 Å². The fourth-order valence-electron chi connectivity index (χ4n) is 1.14. The van der Waals surface area contributed by atoms with E-state index in [2.05, 4.69) is 14.7 Å². The van der Waals surface area contributed by atoms with Gasteiger partial charge in [0.2, 0.25) is 0 Å². The number of esters is 1. The Labute approximate surface area is 192 Å². The SMILES string of the molecule is CCOC(=O)C(N)C(C)(C)F.O=S(=O)(O)O.O=S(=O)(O)O.c1ccncc1.c1ccncc1. The third-order valence-electron chi connectivity index (χ3n) is 2.41. The standard InChI is InChI=1S/C7H14FNO2.2C5H5N.2H2O4S/c1-4-11-6(10)5(9)7(2,3)8;2*1-2-4-6-5-3-1;2*1-5(2,3)4/h5H,4,9H2,1-3H3;2*1-5H;2*(H2,1,2,3,4). The van der Waals surface area contributed by atoms with Gasteiger partial charge in [0, 0.05) is 24.8 Å². The van der Waals surface area contributed by atoms with Crippen molar-refractivity contribution >= 4 is 26.8 Å². The monoisotopic (exact) mass is 517 g/mol. The second kappa shape index (κ2) is 18.9. The summed E-state index contributed by atoms with van der Waals surface area (Å²) in [7, 11) is -9.33. The number of aromatic nitrogens is 2. The lowest BCUT2D eigenvalue weighted by molar-refractivity contribution is -0.147. The van der Waals surface area contributed by atoms with Crippen LogP contribution in [0.5, 0.6) is 0 Å². The van der Waals surface area contributed by atoms with Crippen molar-refractivity contribution in [2.45, 2.75) is 32.5 Å². The van der Waals surface area contributed by atoms with Gasteiger partial charge in [0.05, 0.1) is 6.61 Å².